The van der Waals surface area contributed by atoms with E-state index >= 15 is 0 Å². The summed E-state index contributed by atoms with van der Waals surface area (Å²) in [6.07, 6.45) is 2.68. The molecule has 1 aliphatic rings. The fourth-order valence-corrected chi connectivity index (χ4v) is 3.26. The highest BCUT2D eigenvalue weighted by molar-refractivity contribution is 5.79. The fraction of sp³-hybridized carbons (Fsp3) is 0.389. The summed E-state index contributed by atoms with van der Waals surface area (Å²) in [5, 5.41) is 12.4. The van der Waals surface area contributed by atoms with Crippen molar-refractivity contribution in [2.75, 3.05) is 29.0 Å². The van der Waals surface area contributed by atoms with Gasteiger partial charge in [-0.25, -0.2) is 9.97 Å². The van der Waals surface area contributed by atoms with Crippen molar-refractivity contribution < 1.29 is 9.90 Å². The minimum Gasteiger partial charge on any atom is -0.481 e. The number of anilines is 4. The van der Waals surface area contributed by atoms with Crippen LogP contribution in [-0.4, -0.2) is 34.1 Å². The molecule has 3 rings (SSSR count). The molecule has 0 amide bonds. The highest BCUT2D eigenvalue weighted by Crippen LogP contribution is 2.31. The summed E-state index contributed by atoms with van der Waals surface area (Å²) in [5.41, 5.74) is 10.0. The van der Waals surface area contributed by atoms with Gasteiger partial charge in [0.25, 0.3) is 0 Å². The van der Waals surface area contributed by atoms with Crippen LogP contribution >= 0.6 is 0 Å². The molecule has 0 spiro atoms. The number of carboxylic acid groups (broad SMARTS) is 1. The zero-order valence-corrected chi connectivity index (χ0v) is 14.5. The molecular weight excluding hydrogens is 318 g/mol. The van der Waals surface area contributed by atoms with Crippen molar-refractivity contribution >= 4 is 29.0 Å². The molecule has 0 saturated carbocycles. The molecular formula is C18H23N5O2. The van der Waals surface area contributed by atoms with Crippen LogP contribution in [0.4, 0.5) is 23.0 Å². The maximum atomic E-state index is 11.1. The van der Waals surface area contributed by atoms with Gasteiger partial charge in [0.1, 0.15) is 12.0 Å². The fourth-order valence-electron chi connectivity index (χ4n) is 3.26. The van der Waals surface area contributed by atoms with E-state index in [0.717, 1.165) is 16.8 Å². The molecule has 0 unspecified atom stereocenters. The lowest BCUT2D eigenvalue weighted by Gasteiger charge is -2.31. The molecule has 1 saturated heterocycles. The molecule has 0 atom stereocenters. The normalized spacial score (nSPS) is 15.2. The first-order valence-corrected chi connectivity index (χ1v) is 8.37. The second kappa shape index (κ2) is 6.96. The Morgan fingerprint density at radius 3 is 2.44 bits per heavy atom. The second-order valence-electron chi connectivity index (χ2n) is 6.56. The zero-order valence-electron chi connectivity index (χ0n) is 14.5. The first kappa shape index (κ1) is 17.0. The van der Waals surface area contributed by atoms with Crippen LogP contribution in [0, 0.1) is 19.8 Å². The summed E-state index contributed by atoms with van der Waals surface area (Å²) < 4.78 is 0. The molecule has 132 valence electrons. The van der Waals surface area contributed by atoms with Gasteiger partial charge in [0.15, 0.2) is 11.6 Å². The first-order valence-electron chi connectivity index (χ1n) is 8.37. The average Bonchev–Trinajstić information content (AvgIpc) is 2.56. The number of hydrogen-bond acceptors (Lipinski definition) is 6. The third kappa shape index (κ3) is 3.81. The minimum atomic E-state index is -0.729. The van der Waals surface area contributed by atoms with Crippen molar-refractivity contribution in [3.8, 4) is 0 Å². The Labute approximate surface area is 146 Å². The highest BCUT2D eigenvalue weighted by atomic mass is 16.4. The number of aromatic nitrogens is 2. The molecule has 2 heterocycles. The summed E-state index contributed by atoms with van der Waals surface area (Å²) in [7, 11) is 0. The summed E-state index contributed by atoms with van der Waals surface area (Å²) >= 11 is 0. The number of nitrogens with one attached hydrogen (secondary N) is 1. The quantitative estimate of drug-likeness (QED) is 0.785. The molecule has 2 aromatic rings. The van der Waals surface area contributed by atoms with Crippen LogP contribution in [-0.2, 0) is 4.79 Å². The number of nitrogens with zero attached hydrogens (tertiary/aromatic N) is 3. The largest absolute Gasteiger partial charge is 0.481 e. The second-order valence-corrected chi connectivity index (χ2v) is 6.56. The zero-order chi connectivity index (χ0) is 18.0. The molecule has 0 aliphatic carbocycles. The third-order valence-electron chi connectivity index (χ3n) is 4.49. The average molecular weight is 341 g/mol. The number of rotatable bonds is 4. The number of piperidine rings is 1. The SMILES string of the molecule is Cc1cc(C)cc(Nc2ncnc(N3CCC(C(=O)O)CC3)c2N)c1. The Morgan fingerprint density at radius 1 is 1.20 bits per heavy atom. The third-order valence-corrected chi connectivity index (χ3v) is 4.49. The summed E-state index contributed by atoms with van der Waals surface area (Å²) in [6, 6.07) is 6.17. The van der Waals surface area contributed by atoms with Gasteiger partial charge < -0.3 is 21.1 Å². The van der Waals surface area contributed by atoms with E-state index in [1.54, 1.807) is 0 Å². The Morgan fingerprint density at radius 2 is 1.84 bits per heavy atom. The van der Waals surface area contributed by atoms with Crippen molar-refractivity contribution in [1.29, 1.82) is 0 Å². The van der Waals surface area contributed by atoms with Gasteiger partial charge >= 0.3 is 5.97 Å². The molecule has 4 N–H and O–H groups in total. The van der Waals surface area contributed by atoms with Crippen molar-refractivity contribution in [2.24, 2.45) is 5.92 Å². The van der Waals surface area contributed by atoms with Gasteiger partial charge in [-0.1, -0.05) is 6.07 Å². The predicted molar refractivity (Wildman–Crippen MR) is 98.2 cm³/mol. The summed E-state index contributed by atoms with van der Waals surface area (Å²) in [4.78, 5) is 21.7. The smallest absolute Gasteiger partial charge is 0.306 e. The number of hydrogen-bond donors (Lipinski definition) is 3. The van der Waals surface area contributed by atoms with E-state index in [9.17, 15) is 4.79 Å². The number of carboxylic acids is 1. The molecule has 1 aliphatic heterocycles. The molecule has 0 radical (unpaired) electrons. The highest BCUT2D eigenvalue weighted by Gasteiger charge is 2.26. The van der Waals surface area contributed by atoms with Crippen LogP contribution in [0.1, 0.15) is 24.0 Å². The molecule has 1 aromatic carbocycles. The summed E-state index contributed by atoms with van der Waals surface area (Å²) in [6.45, 7) is 5.33. The van der Waals surface area contributed by atoms with Crippen LogP contribution in [0.5, 0.6) is 0 Å². The van der Waals surface area contributed by atoms with E-state index in [1.165, 1.54) is 6.33 Å². The Hall–Kier alpha value is -2.83. The molecule has 1 fully saturated rings. The van der Waals surface area contributed by atoms with Crippen LogP contribution in [0.25, 0.3) is 0 Å². The lowest BCUT2D eigenvalue weighted by atomic mass is 9.97. The van der Waals surface area contributed by atoms with Crippen molar-refractivity contribution in [3.63, 3.8) is 0 Å². The van der Waals surface area contributed by atoms with E-state index in [2.05, 4.69) is 21.4 Å². The van der Waals surface area contributed by atoms with Gasteiger partial charge in [-0.2, -0.15) is 0 Å². The van der Waals surface area contributed by atoms with Gasteiger partial charge in [0, 0.05) is 18.8 Å². The maximum absolute atomic E-state index is 11.1. The molecule has 0 bridgehead atoms. The minimum absolute atomic E-state index is 0.285. The van der Waals surface area contributed by atoms with Gasteiger partial charge in [0.2, 0.25) is 0 Å². The van der Waals surface area contributed by atoms with Crippen LogP contribution in [0.3, 0.4) is 0 Å². The van der Waals surface area contributed by atoms with Crippen molar-refractivity contribution in [2.45, 2.75) is 26.7 Å². The molecule has 1 aromatic heterocycles. The van der Waals surface area contributed by atoms with Gasteiger partial charge in [-0.3, -0.25) is 4.79 Å². The van der Waals surface area contributed by atoms with E-state index < -0.39 is 5.97 Å². The van der Waals surface area contributed by atoms with Gasteiger partial charge in [0.05, 0.1) is 5.92 Å². The number of nitrogen functional groups attached to an aromatic ring is 1. The van der Waals surface area contributed by atoms with Crippen LogP contribution in [0.15, 0.2) is 24.5 Å². The lowest BCUT2D eigenvalue weighted by molar-refractivity contribution is -0.142. The topological polar surface area (TPSA) is 104 Å². The Balaban J connectivity index is 1.79. The maximum Gasteiger partial charge on any atom is 0.306 e. The van der Waals surface area contributed by atoms with Gasteiger partial charge in [-0.15, -0.1) is 0 Å². The lowest BCUT2D eigenvalue weighted by Crippen LogP contribution is -2.37. The predicted octanol–water partition coefficient (Wildman–Crippen LogP) is 2.72. The monoisotopic (exact) mass is 341 g/mol. The van der Waals surface area contributed by atoms with Gasteiger partial charge in [-0.05, 0) is 49.9 Å². The van der Waals surface area contributed by atoms with Crippen LogP contribution < -0.4 is 16.0 Å². The molecule has 7 heteroatoms. The van der Waals surface area contributed by atoms with Crippen molar-refractivity contribution in [1.82, 2.24) is 9.97 Å². The van der Waals surface area contributed by atoms with E-state index in [1.807, 2.05) is 30.9 Å². The summed E-state index contributed by atoms with van der Waals surface area (Å²) in [5.74, 6) is 0.209. The van der Waals surface area contributed by atoms with E-state index in [0.29, 0.717) is 43.3 Å². The Kier molecular flexibility index (Phi) is 4.74. The van der Waals surface area contributed by atoms with Crippen LogP contribution in [0.2, 0.25) is 0 Å². The number of nitrogens with two attached hydrogens (primary N) is 1. The number of aliphatic carboxylic acids is 1. The Bertz CT molecular complexity index is 765. The number of aryl methyl sites for hydroxylation is 2. The number of carbonyl (C=O) groups is 1. The van der Waals surface area contributed by atoms with E-state index in [-0.39, 0.29) is 5.92 Å². The standard InChI is InChI=1S/C18H23N5O2/c1-11-7-12(2)9-14(8-11)22-16-15(19)17(21-10-20-16)23-5-3-13(4-6-23)18(24)25/h7-10,13H,3-6,19H2,1-2H3,(H,24,25)(H,20,21,22). The number of benzene rings is 1. The van der Waals surface area contributed by atoms with E-state index in [4.69, 9.17) is 10.8 Å². The van der Waals surface area contributed by atoms with Crippen molar-refractivity contribution in [3.05, 3.63) is 35.7 Å². The first-order chi connectivity index (χ1) is 11.9. The molecule has 7 nitrogen and oxygen atoms in total. The molecule has 25 heavy (non-hydrogen) atoms.